The fraction of sp³-hybridized carbons (Fsp3) is 0.118. The predicted molar refractivity (Wildman–Crippen MR) is 86.2 cm³/mol. The van der Waals surface area contributed by atoms with Crippen LogP contribution in [0.2, 0.25) is 0 Å². The van der Waals surface area contributed by atoms with Crippen LogP contribution in [-0.2, 0) is 15.9 Å². The van der Waals surface area contributed by atoms with Gasteiger partial charge in [0, 0.05) is 17.1 Å². The lowest BCUT2D eigenvalue weighted by atomic mass is 10.1. The lowest BCUT2D eigenvalue weighted by Gasteiger charge is -2.09. The smallest absolute Gasteiger partial charge is 0.314 e. The summed E-state index contributed by atoms with van der Waals surface area (Å²) in [5, 5.41) is 1.88. The van der Waals surface area contributed by atoms with Gasteiger partial charge in [0.05, 0.1) is 0 Å². The molecule has 3 rings (SSSR count). The van der Waals surface area contributed by atoms with E-state index in [0.29, 0.717) is 5.56 Å². The molecule has 0 aliphatic carbocycles. The van der Waals surface area contributed by atoms with E-state index in [-0.39, 0.29) is 11.6 Å². The van der Waals surface area contributed by atoms with Crippen molar-refractivity contribution in [2.24, 2.45) is 0 Å². The van der Waals surface area contributed by atoms with Crippen molar-refractivity contribution < 1.29 is 12.6 Å². The summed E-state index contributed by atoms with van der Waals surface area (Å²) in [5.74, 6) is -0.0753. The zero-order valence-electron chi connectivity index (χ0n) is 12.1. The molecule has 0 spiro atoms. The molecule has 0 unspecified atom stereocenters. The number of hydrogen-bond donors (Lipinski definition) is 0. The van der Waals surface area contributed by atoms with E-state index in [2.05, 4.69) is 4.98 Å². The van der Waals surface area contributed by atoms with Crippen molar-refractivity contribution >= 4 is 20.9 Å². The van der Waals surface area contributed by atoms with Crippen LogP contribution >= 0.6 is 0 Å². The predicted octanol–water partition coefficient (Wildman–Crippen LogP) is 3.45. The van der Waals surface area contributed by atoms with Crippen molar-refractivity contribution in [1.29, 1.82) is 0 Å². The fourth-order valence-corrected chi connectivity index (χ4v) is 3.33. The van der Waals surface area contributed by atoms with Gasteiger partial charge in [-0.05, 0) is 17.9 Å². The summed E-state index contributed by atoms with van der Waals surface area (Å²) in [5.41, 5.74) is 1.42. The number of hydrogen-bond acceptors (Lipinski definition) is 4. The van der Waals surface area contributed by atoms with Gasteiger partial charge in [-0.2, -0.15) is 8.42 Å². The van der Waals surface area contributed by atoms with E-state index in [9.17, 15) is 8.42 Å². The topological polar surface area (TPSA) is 56.3 Å². The molecule has 0 amide bonds. The molecule has 0 saturated heterocycles. The summed E-state index contributed by atoms with van der Waals surface area (Å²) in [6, 6.07) is 18.2. The lowest BCUT2D eigenvalue weighted by molar-refractivity contribution is 0.475. The van der Waals surface area contributed by atoms with Gasteiger partial charge in [-0.3, -0.25) is 0 Å². The molecule has 0 bridgehead atoms. The first-order valence-electron chi connectivity index (χ1n) is 6.86. The lowest BCUT2D eigenvalue weighted by Crippen LogP contribution is -2.13. The van der Waals surface area contributed by atoms with Gasteiger partial charge < -0.3 is 4.18 Å². The minimum atomic E-state index is -3.74. The van der Waals surface area contributed by atoms with Crippen LogP contribution in [0, 0.1) is 6.92 Å². The number of rotatable bonds is 4. The molecule has 0 fully saturated rings. The van der Waals surface area contributed by atoms with Crippen LogP contribution in [0.5, 0.6) is 5.88 Å². The van der Waals surface area contributed by atoms with Gasteiger partial charge in [0.2, 0.25) is 5.88 Å². The maximum absolute atomic E-state index is 12.2. The minimum Gasteiger partial charge on any atom is -0.361 e. The molecular weight excluding hydrogens is 298 g/mol. The Hall–Kier alpha value is -2.40. The molecule has 1 aromatic heterocycles. The fourth-order valence-electron chi connectivity index (χ4n) is 2.32. The Kier molecular flexibility index (Phi) is 3.81. The highest BCUT2D eigenvalue weighted by molar-refractivity contribution is 7.86. The number of nitrogens with zero attached hydrogens (tertiary/aromatic N) is 1. The molecule has 0 aliphatic heterocycles. The number of benzene rings is 2. The first kappa shape index (κ1) is 14.5. The Labute approximate surface area is 129 Å². The van der Waals surface area contributed by atoms with Gasteiger partial charge in [-0.1, -0.05) is 54.6 Å². The second-order valence-electron chi connectivity index (χ2n) is 5.04. The average molecular weight is 313 g/mol. The Balaban J connectivity index is 1.89. The van der Waals surface area contributed by atoms with Crippen LogP contribution in [0.1, 0.15) is 11.3 Å². The molecule has 1 heterocycles. The molecule has 3 aromatic rings. The Morgan fingerprint density at radius 2 is 1.68 bits per heavy atom. The summed E-state index contributed by atoms with van der Waals surface area (Å²) < 4.78 is 29.5. The summed E-state index contributed by atoms with van der Waals surface area (Å²) in [7, 11) is -3.74. The quantitative estimate of drug-likeness (QED) is 0.692. The van der Waals surface area contributed by atoms with E-state index in [1.807, 2.05) is 37.3 Å². The summed E-state index contributed by atoms with van der Waals surface area (Å²) in [4.78, 5) is 4.23. The van der Waals surface area contributed by atoms with Crippen molar-refractivity contribution in [3.05, 3.63) is 71.9 Å². The van der Waals surface area contributed by atoms with E-state index >= 15 is 0 Å². The Morgan fingerprint density at radius 1 is 1.00 bits per heavy atom. The van der Waals surface area contributed by atoms with E-state index in [0.717, 1.165) is 16.5 Å². The zero-order chi connectivity index (χ0) is 15.6. The van der Waals surface area contributed by atoms with Crippen molar-refractivity contribution in [3.63, 3.8) is 0 Å². The monoisotopic (exact) mass is 313 g/mol. The first-order chi connectivity index (χ1) is 10.5. The molecule has 0 N–H and O–H groups in total. The van der Waals surface area contributed by atoms with Crippen molar-refractivity contribution in [1.82, 2.24) is 4.98 Å². The number of aryl methyl sites for hydroxylation is 1. The first-order valence-corrected chi connectivity index (χ1v) is 8.44. The van der Waals surface area contributed by atoms with Crippen LogP contribution in [0.3, 0.4) is 0 Å². The maximum Gasteiger partial charge on any atom is 0.314 e. The third kappa shape index (κ3) is 3.26. The van der Waals surface area contributed by atoms with E-state index in [4.69, 9.17) is 4.18 Å². The molecule has 0 aliphatic rings. The van der Waals surface area contributed by atoms with E-state index in [1.54, 1.807) is 30.3 Å². The average Bonchev–Trinajstić information content (AvgIpc) is 2.47. The maximum atomic E-state index is 12.2. The van der Waals surface area contributed by atoms with Crippen LogP contribution in [0.4, 0.5) is 0 Å². The van der Waals surface area contributed by atoms with Gasteiger partial charge in [-0.25, -0.2) is 4.98 Å². The molecule has 5 heteroatoms. The second kappa shape index (κ2) is 5.77. The molecular formula is C17H15NO3S. The molecule has 4 nitrogen and oxygen atoms in total. The standard InChI is InChI=1S/C17H15NO3S/c1-13-16-10-6-5-9-15(16)11-17(18-13)21-22(19,20)12-14-7-3-2-4-8-14/h2-11H,12H2,1H3. The van der Waals surface area contributed by atoms with Gasteiger partial charge in [0.15, 0.2) is 0 Å². The number of aromatic nitrogens is 1. The Morgan fingerprint density at radius 3 is 2.45 bits per heavy atom. The third-order valence-corrected chi connectivity index (χ3v) is 4.42. The highest BCUT2D eigenvalue weighted by Crippen LogP contribution is 2.23. The summed E-state index contributed by atoms with van der Waals surface area (Å²) in [6.07, 6.45) is 0. The third-order valence-electron chi connectivity index (χ3n) is 3.31. The highest BCUT2D eigenvalue weighted by atomic mass is 32.2. The molecule has 22 heavy (non-hydrogen) atoms. The summed E-state index contributed by atoms with van der Waals surface area (Å²) >= 11 is 0. The highest BCUT2D eigenvalue weighted by Gasteiger charge is 2.15. The van der Waals surface area contributed by atoms with Crippen molar-refractivity contribution in [3.8, 4) is 5.88 Å². The largest absolute Gasteiger partial charge is 0.361 e. The van der Waals surface area contributed by atoms with Crippen LogP contribution in [0.15, 0.2) is 60.7 Å². The van der Waals surface area contributed by atoms with Gasteiger partial charge >= 0.3 is 10.1 Å². The molecule has 0 radical (unpaired) electrons. The normalized spacial score (nSPS) is 11.5. The van der Waals surface area contributed by atoms with E-state index in [1.165, 1.54) is 0 Å². The molecule has 112 valence electrons. The van der Waals surface area contributed by atoms with Gasteiger partial charge in [0.25, 0.3) is 0 Å². The van der Waals surface area contributed by atoms with Gasteiger partial charge in [-0.15, -0.1) is 0 Å². The summed E-state index contributed by atoms with van der Waals surface area (Å²) in [6.45, 7) is 1.83. The molecule has 0 saturated carbocycles. The van der Waals surface area contributed by atoms with Crippen molar-refractivity contribution in [2.75, 3.05) is 0 Å². The molecule has 2 aromatic carbocycles. The number of pyridine rings is 1. The second-order valence-corrected chi connectivity index (χ2v) is 6.61. The van der Waals surface area contributed by atoms with Gasteiger partial charge in [0.1, 0.15) is 5.75 Å². The Bertz CT molecular complexity index is 906. The van der Waals surface area contributed by atoms with Crippen LogP contribution in [0.25, 0.3) is 10.8 Å². The van der Waals surface area contributed by atoms with E-state index < -0.39 is 10.1 Å². The van der Waals surface area contributed by atoms with Crippen LogP contribution < -0.4 is 4.18 Å². The van der Waals surface area contributed by atoms with Crippen molar-refractivity contribution in [2.45, 2.75) is 12.7 Å². The SMILES string of the molecule is Cc1nc(OS(=O)(=O)Cc2ccccc2)cc2ccccc12. The van der Waals surface area contributed by atoms with Crippen LogP contribution in [-0.4, -0.2) is 13.4 Å². The zero-order valence-corrected chi connectivity index (χ0v) is 12.9. The number of fused-ring (bicyclic) bond motifs is 1. The minimum absolute atomic E-state index is 0.104. The molecule has 0 atom stereocenters.